The van der Waals surface area contributed by atoms with Crippen molar-refractivity contribution >= 4 is 65.7 Å². The molecule has 0 aliphatic carbocycles. The number of nitrogens with zero attached hydrogens (tertiary/aromatic N) is 1. The molecule has 2 heterocycles. The minimum Gasteiger partial charge on any atom is -0.319 e. The van der Waals surface area contributed by atoms with Crippen LogP contribution in [0.3, 0.4) is 0 Å². The Bertz CT molecular complexity index is 801. The first-order valence-corrected chi connectivity index (χ1v) is 8.15. The zero-order valence-corrected chi connectivity index (χ0v) is 14.0. The number of para-hydroxylation sites is 1. The lowest BCUT2D eigenvalue weighted by atomic mass is 10.2. The molecule has 0 bridgehead atoms. The second kappa shape index (κ2) is 5.63. The summed E-state index contributed by atoms with van der Waals surface area (Å²) in [4.78, 5) is 17.2. The number of thiophene rings is 1. The van der Waals surface area contributed by atoms with Crippen molar-refractivity contribution < 1.29 is 4.79 Å². The number of amides is 1. The van der Waals surface area contributed by atoms with Gasteiger partial charge in [0.05, 0.1) is 19.9 Å². The van der Waals surface area contributed by atoms with E-state index in [1.54, 1.807) is 12.3 Å². The number of benzene rings is 1. The molecule has 6 heteroatoms. The van der Waals surface area contributed by atoms with E-state index in [1.165, 1.54) is 11.3 Å². The van der Waals surface area contributed by atoms with Gasteiger partial charge >= 0.3 is 0 Å². The highest BCUT2D eigenvalue weighted by molar-refractivity contribution is 9.11. The molecule has 1 aromatic carbocycles. The molecule has 3 rings (SSSR count). The van der Waals surface area contributed by atoms with E-state index in [9.17, 15) is 4.79 Å². The number of pyridine rings is 1. The molecular weight excluding hydrogens is 404 g/mol. The molecular formula is C14H8Br2N2OS. The van der Waals surface area contributed by atoms with Gasteiger partial charge < -0.3 is 5.32 Å². The first-order chi connectivity index (χ1) is 9.63. The minimum absolute atomic E-state index is 0.127. The number of hydrogen-bond acceptors (Lipinski definition) is 3. The van der Waals surface area contributed by atoms with Crippen molar-refractivity contribution in [1.82, 2.24) is 4.98 Å². The van der Waals surface area contributed by atoms with Crippen molar-refractivity contribution in [2.45, 2.75) is 0 Å². The lowest BCUT2D eigenvalue weighted by Gasteiger charge is -2.07. The van der Waals surface area contributed by atoms with Crippen LogP contribution in [0, 0.1) is 0 Å². The molecule has 2 aromatic heterocycles. The number of carbonyl (C=O) groups excluding carboxylic acids is 1. The first kappa shape index (κ1) is 13.7. The largest absolute Gasteiger partial charge is 0.319 e. The molecule has 0 unspecified atom stereocenters. The Labute approximate surface area is 136 Å². The van der Waals surface area contributed by atoms with Gasteiger partial charge in [-0.2, -0.15) is 0 Å². The fourth-order valence-corrected chi connectivity index (χ4v) is 3.49. The standard InChI is InChI=1S/C14H8Br2N2OS/c15-9-6-8-2-1-3-10(13(8)17-7-9)18-14(19)11-4-5-12(16)20-11/h1-7H,(H,18,19). The molecule has 3 nitrogen and oxygen atoms in total. The Morgan fingerprint density at radius 1 is 1.20 bits per heavy atom. The summed E-state index contributed by atoms with van der Waals surface area (Å²) in [6, 6.07) is 11.3. The maximum absolute atomic E-state index is 12.2. The van der Waals surface area contributed by atoms with Crippen LogP contribution in [-0.4, -0.2) is 10.9 Å². The summed E-state index contributed by atoms with van der Waals surface area (Å²) in [6.07, 6.45) is 1.72. The highest BCUT2D eigenvalue weighted by atomic mass is 79.9. The summed E-state index contributed by atoms with van der Waals surface area (Å²) in [6.45, 7) is 0. The normalized spacial score (nSPS) is 10.7. The van der Waals surface area contributed by atoms with Crippen LogP contribution in [0.15, 0.2) is 50.9 Å². The van der Waals surface area contributed by atoms with E-state index < -0.39 is 0 Å². The van der Waals surface area contributed by atoms with Crippen molar-refractivity contribution in [2.75, 3.05) is 5.32 Å². The van der Waals surface area contributed by atoms with Gasteiger partial charge in [0.1, 0.15) is 0 Å². The van der Waals surface area contributed by atoms with E-state index in [-0.39, 0.29) is 5.91 Å². The zero-order chi connectivity index (χ0) is 14.1. The summed E-state index contributed by atoms with van der Waals surface area (Å²) in [7, 11) is 0. The van der Waals surface area contributed by atoms with Gasteiger partial charge in [0, 0.05) is 16.1 Å². The van der Waals surface area contributed by atoms with Crippen LogP contribution in [0.4, 0.5) is 5.69 Å². The van der Waals surface area contributed by atoms with Gasteiger partial charge in [0.25, 0.3) is 5.91 Å². The molecule has 0 fully saturated rings. The van der Waals surface area contributed by atoms with Crippen molar-refractivity contribution in [2.24, 2.45) is 0 Å². The van der Waals surface area contributed by atoms with Crippen LogP contribution in [0.5, 0.6) is 0 Å². The third kappa shape index (κ3) is 2.77. The van der Waals surface area contributed by atoms with Gasteiger partial charge in [0.2, 0.25) is 0 Å². The predicted octanol–water partition coefficient (Wildman–Crippen LogP) is 5.07. The fraction of sp³-hybridized carbons (Fsp3) is 0. The van der Waals surface area contributed by atoms with Crippen LogP contribution >= 0.6 is 43.2 Å². The molecule has 0 radical (unpaired) electrons. The lowest BCUT2D eigenvalue weighted by Crippen LogP contribution is -2.10. The monoisotopic (exact) mass is 410 g/mol. The van der Waals surface area contributed by atoms with Gasteiger partial charge in [-0.05, 0) is 56.1 Å². The molecule has 0 aliphatic rings. The summed E-state index contributed by atoms with van der Waals surface area (Å²) < 4.78 is 1.85. The van der Waals surface area contributed by atoms with E-state index in [4.69, 9.17) is 0 Å². The third-order valence-corrected chi connectivity index (χ3v) is 4.78. The quantitative estimate of drug-likeness (QED) is 0.639. The number of fused-ring (bicyclic) bond motifs is 1. The van der Waals surface area contributed by atoms with Gasteiger partial charge in [-0.15, -0.1) is 11.3 Å². The number of rotatable bonds is 2. The predicted molar refractivity (Wildman–Crippen MR) is 89.4 cm³/mol. The summed E-state index contributed by atoms with van der Waals surface area (Å²) in [5.74, 6) is -0.127. The molecule has 0 saturated carbocycles. The van der Waals surface area contributed by atoms with Gasteiger partial charge in [-0.1, -0.05) is 12.1 Å². The Balaban J connectivity index is 1.97. The summed E-state index contributed by atoms with van der Waals surface area (Å²) in [5, 5.41) is 3.88. The van der Waals surface area contributed by atoms with Gasteiger partial charge in [-0.25, -0.2) is 0 Å². The van der Waals surface area contributed by atoms with Crippen LogP contribution in [0.1, 0.15) is 9.67 Å². The molecule has 0 atom stereocenters. The van der Waals surface area contributed by atoms with Gasteiger partial charge in [-0.3, -0.25) is 9.78 Å². The van der Waals surface area contributed by atoms with Crippen molar-refractivity contribution in [3.8, 4) is 0 Å². The second-order valence-electron chi connectivity index (χ2n) is 4.09. The molecule has 0 saturated heterocycles. The molecule has 100 valence electrons. The summed E-state index contributed by atoms with van der Waals surface area (Å²) in [5.41, 5.74) is 1.49. The van der Waals surface area contributed by atoms with Crippen LogP contribution < -0.4 is 5.32 Å². The van der Waals surface area contributed by atoms with Crippen molar-refractivity contribution in [1.29, 1.82) is 0 Å². The minimum atomic E-state index is -0.127. The molecule has 1 amide bonds. The van der Waals surface area contributed by atoms with E-state index in [2.05, 4.69) is 42.2 Å². The maximum Gasteiger partial charge on any atom is 0.265 e. The van der Waals surface area contributed by atoms with Crippen LogP contribution in [-0.2, 0) is 0 Å². The Hall–Kier alpha value is -1.24. The highest BCUT2D eigenvalue weighted by Gasteiger charge is 2.11. The first-order valence-electron chi connectivity index (χ1n) is 5.74. The Kier molecular flexibility index (Phi) is 3.87. The number of nitrogens with one attached hydrogen (secondary N) is 1. The molecule has 3 aromatic rings. The van der Waals surface area contributed by atoms with Crippen molar-refractivity contribution in [3.05, 3.63) is 55.7 Å². The topological polar surface area (TPSA) is 42.0 Å². The Morgan fingerprint density at radius 2 is 2.05 bits per heavy atom. The zero-order valence-electron chi connectivity index (χ0n) is 10.1. The van der Waals surface area contributed by atoms with E-state index in [0.717, 1.165) is 19.2 Å². The number of halogens is 2. The lowest BCUT2D eigenvalue weighted by molar-refractivity contribution is 0.103. The van der Waals surface area contributed by atoms with E-state index >= 15 is 0 Å². The Morgan fingerprint density at radius 3 is 2.80 bits per heavy atom. The SMILES string of the molecule is O=C(Nc1cccc2cc(Br)cnc12)c1ccc(Br)s1. The summed E-state index contributed by atoms with van der Waals surface area (Å²) >= 11 is 8.15. The number of hydrogen-bond donors (Lipinski definition) is 1. The fourth-order valence-electron chi connectivity index (χ4n) is 1.86. The second-order valence-corrected chi connectivity index (χ2v) is 7.47. The number of carbonyl (C=O) groups is 1. The van der Waals surface area contributed by atoms with Crippen molar-refractivity contribution in [3.63, 3.8) is 0 Å². The van der Waals surface area contributed by atoms with Crippen LogP contribution in [0.25, 0.3) is 10.9 Å². The highest BCUT2D eigenvalue weighted by Crippen LogP contribution is 2.26. The third-order valence-electron chi connectivity index (χ3n) is 2.72. The molecule has 1 N–H and O–H groups in total. The average Bonchev–Trinajstić information content (AvgIpc) is 2.85. The molecule has 0 aliphatic heterocycles. The van der Waals surface area contributed by atoms with E-state index in [1.807, 2.05) is 30.3 Å². The van der Waals surface area contributed by atoms with E-state index in [0.29, 0.717) is 10.6 Å². The number of anilines is 1. The maximum atomic E-state index is 12.2. The number of aromatic nitrogens is 1. The smallest absolute Gasteiger partial charge is 0.265 e. The van der Waals surface area contributed by atoms with Gasteiger partial charge in [0.15, 0.2) is 0 Å². The average molecular weight is 412 g/mol. The van der Waals surface area contributed by atoms with Crippen LogP contribution in [0.2, 0.25) is 0 Å². The molecule has 0 spiro atoms. The molecule has 20 heavy (non-hydrogen) atoms.